The van der Waals surface area contributed by atoms with Crippen LogP contribution in [0, 0.1) is 18.6 Å². The molecule has 12 heteroatoms. The van der Waals surface area contributed by atoms with Gasteiger partial charge in [0, 0.05) is 18.3 Å². The van der Waals surface area contributed by atoms with Crippen molar-refractivity contribution in [2.24, 2.45) is 0 Å². The van der Waals surface area contributed by atoms with Crippen LogP contribution in [0.5, 0.6) is 11.5 Å². The molecule has 1 aliphatic heterocycles. The van der Waals surface area contributed by atoms with Crippen LogP contribution in [-0.4, -0.2) is 45.3 Å². The molecule has 1 aromatic carbocycles. The number of fused-ring (bicyclic) bond motifs is 1. The molecule has 4 aromatic rings. The van der Waals surface area contributed by atoms with E-state index in [-0.39, 0.29) is 12.6 Å². The first kappa shape index (κ1) is 22.5. The van der Waals surface area contributed by atoms with Gasteiger partial charge in [-0.05, 0) is 24.6 Å². The van der Waals surface area contributed by atoms with Crippen molar-refractivity contribution in [2.45, 2.75) is 13.0 Å². The van der Waals surface area contributed by atoms with Gasteiger partial charge in [0.05, 0.1) is 38.0 Å². The highest BCUT2D eigenvalue weighted by atomic mass is 19.1. The first-order chi connectivity index (χ1) is 16.9. The van der Waals surface area contributed by atoms with Crippen LogP contribution in [0.4, 0.5) is 26.2 Å². The van der Waals surface area contributed by atoms with E-state index >= 15 is 0 Å². The number of nitrogens with zero attached hydrogens (tertiary/aromatic N) is 6. The molecule has 1 atom stereocenters. The van der Waals surface area contributed by atoms with Gasteiger partial charge in [0.25, 0.3) is 0 Å². The highest BCUT2D eigenvalue weighted by Crippen LogP contribution is 2.38. The van der Waals surface area contributed by atoms with E-state index in [1.165, 1.54) is 30.5 Å². The molecule has 5 rings (SSSR count). The molecule has 3 aromatic heterocycles. The number of benzene rings is 1. The summed E-state index contributed by atoms with van der Waals surface area (Å²) in [5.74, 6) is 0.610. The Bertz CT molecular complexity index is 1360. The third-order valence-electron chi connectivity index (χ3n) is 5.36. The number of methoxy groups -OCH3 is 1. The zero-order valence-corrected chi connectivity index (χ0v) is 19.1. The van der Waals surface area contributed by atoms with Crippen molar-refractivity contribution in [1.29, 1.82) is 0 Å². The van der Waals surface area contributed by atoms with Crippen molar-refractivity contribution in [2.75, 3.05) is 31.2 Å². The molecule has 4 heterocycles. The minimum absolute atomic E-state index is 0.0934. The number of nitrogens with one attached hydrogen (secondary N) is 1. The van der Waals surface area contributed by atoms with E-state index in [1.54, 1.807) is 30.3 Å². The van der Waals surface area contributed by atoms with Gasteiger partial charge in [0.1, 0.15) is 30.6 Å². The van der Waals surface area contributed by atoms with E-state index in [0.717, 1.165) is 11.8 Å². The molecule has 0 saturated carbocycles. The number of hydrogen-bond acceptors (Lipinski definition) is 9. The van der Waals surface area contributed by atoms with E-state index in [2.05, 4.69) is 25.3 Å². The summed E-state index contributed by atoms with van der Waals surface area (Å²) in [5.41, 5.74) is 1.77. The Morgan fingerprint density at radius 3 is 2.51 bits per heavy atom. The highest BCUT2D eigenvalue weighted by Gasteiger charge is 2.32. The number of pyridine rings is 1. The summed E-state index contributed by atoms with van der Waals surface area (Å²) in [4.78, 5) is 23.0. The van der Waals surface area contributed by atoms with Gasteiger partial charge in [0.15, 0.2) is 17.3 Å². The van der Waals surface area contributed by atoms with Gasteiger partial charge in [-0.25, -0.2) is 28.8 Å². The van der Waals surface area contributed by atoms with Crippen molar-refractivity contribution in [1.82, 2.24) is 24.5 Å². The molecule has 180 valence electrons. The molecule has 0 aliphatic carbocycles. The van der Waals surface area contributed by atoms with E-state index in [1.807, 2.05) is 13.1 Å². The lowest BCUT2D eigenvalue weighted by molar-refractivity contribution is 0.0961. The van der Waals surface area contributed by atoms with Gasteiger partial charge in [-0.2, -0.15) is 4.98 Å². The highest BCUT2D eigenvalue weighted by molar-refractivity contribution is 5.62. The zero-order valence-electron chi connectivity index (χ0n) is 19.1. The van der Waals surface area contributed by atoms with Crippen LogP contribution in [0.25, 0.3) is 5.82 Å². The van der Waals surface area contributed by atoms with E-state index < -0.39 is 17.7 Å². The standard InChI is InChI=1S/C23H21F2N7O3/c1-13-10-31(12-28-13)21-19(33-2)7-17(8-26-21)29-23-27-9-20-22(30-23)32(34-3)18(11-35-20)14-4-15(24)6-16(25)5-14/h4-10,12,18H,11H2,1-3H3,(H,27,29,30). The topological polar surface area (TPSA) is 99.5 Å². The molecule has 1 aliphatic rings. The Hall–Kier alpha value is -4.32. The number of hydroxylamine groups is 1. The van der Waals surface area contributed by atoms with Gasteiger partial charge in [-0.15, -0.1) is 0 Å². The monoisotopic (exact) mass is 481 g/mol. The number of halogens is 2. The predicted octanol–water partition coefficient (Wildman–Crippen LogP) is 3.90. The molecule has 0 spiro atoms. The Morgan fingerprint density at radius 1 is 1.03 bits per heavy atom. The van der Waals surface area contributed by atoms with Gasteiger partial charge >= 0.3 is 0 Å². The first-order valence-corrected chi connectivity index (χ1v) is 10.6. The van der Waals surface area contributed by atoms with Crippen LogP contribution in [0.2, 0.25) is 0 Å². The Labute approximate surface area is 199 Å². The fourth-order valence-corrected chi connectivity index (χ4v) is 3.79. The summed E-state index contributed by atoms with van der Waals surface area (Å²) in [6.07, 6.45) is 6.59. The number of imidazole rings is 1. The van der Waals surface area contributed by atoms with E-state index in [9.17, 15) is 8.78 Å². The maximum absolute atomic E-state index is 13.8. The largest absolute Gasteiger partial charge is 0.493 e. The van der Waals surface area contributed by atoms with Crippen molar-refractivity contribution >= 4 is 17.5 Å². The molecule has 1 unspecified atom stereocenters. The SMILES string of the molecule is COc1cc(Nc2ncc3c(n2)N(OC)C(c2cc(F)cc(F)c2)CO3)cnc1-n1cnc(C)c1. The van der Waals surface area contributed by atoms with Crippen LogP contribution < -0.4 is 19.9 Å². The predicted molar refractivity (Wildman–Crippen MR) is 122 cm³/mol. The van der Waals surface area contributed by atoms with Gasteiger partial charge in [0.2, 0.25) is 11.8 Å². The Morgan fingerprint density at radius 2 is 1.83 bits per heavy atom. The maximum Gasteiger partial charge on any atom is 0.229 e. The van der Waals surface area contributed by atoms with Crippen molar-refractivity contribution in [3.63, 3.8) is 0 Å². The van der Waals surface area contributed by atoms with Crippen LogP contribution in [0.15, 0.2) is 49.2 Å². The molecular formula is C23H21F2N7O3. The van der Waals surface area contributed by atoms with E-state index in [4.69, 9.17) is 14.3 Å². The lowest BCUT2D eigenvalue weighted by atomic mass is 10.1. The van der Waals surface area contributed by atoms with Crippen molar-refractivity contribution in [3.05, 3.63) is 72.1 Å². The zero-order chi connectivity index (χ0) is 24.5. The number of aromatic nitrogens is 5. The summed E-state index contributed by atoms with van der Waals surface area (Å²) in [6, 6.07) is 4.40. The average molecular weight is 481 g/mol. The summed E-state index contributed by atoms with van der Waals surface area (Å²) in [7, 11) is 2.99. The summed E-state index contributed by atoms with van der Waals surface area (Å²) >= 11 is 0. The molecule has 0 bridgehead atoms. The normalized spacial score (nSPS) is 14.9. The number of aryl methyl sites for hydroxylation is 1. The molecule has 0 fully saturated rings. The molecule has 0 saturated heterocycles. The van der Waals surface area contributed by atoms with Gasteiger partial charge in [-0.1, -0.05) is 0 Å². The van der Waals surface area contributed by atoms with Crippen LogP contribution in [-0.2, 0) is 4.84 Å². The summed E-state index contributed by atoms with van der Waals surface area (Å²) in [6.45, 7) is 1.98. The fraction of sp³-hybridized carbons (Fsp3) is 0.217. The third-order valence-corrected chi connectivity index (χ3v) is 5.36. The lowest BCUT2D eigenvalue weighted by Crippen LogP contribution is -2.36. The van der Waals surface area contributed by atoms with Crippen LogP contribution in [0.1, 0.15) is 17.3 Å². The molecular weight excluding hydrogens is 460 g/mol. The second kappa shape index (κ2) is 9.14. The van der Waals surface area contributed by atoms with Crippen LogP contribution >= 0.6 is 0 Å². The number of rotatable bonds is 6. The minimum atomic E-state index is -0.692. The second-order valence-corrected chi connectivity index (χ2v) is 7.72. The van der Waals surface area contributed by atoms with Gasteiger partial charge < -0.3 is 14.8 Å². The van der Waals surface area contributed by atoms with Crippen molar-refractivity contribution in [3.8, 4) is 17.3 Å². The Kier molecular flexibility index (Phi) is 5.87. The quantitative estimate of drug-likeness (QED) is 0.440. The summed E-state index contributed by atoms with van der Waals surface area (Å²) in [5, 5.41) is 4.52. The number of hydrogen-bond donors (Lipinski definition) is 1. The van der Waals surface area contributed by atoms with Crippen LogP contribution in [0.3, 0.4) is 0 Å². The Balaban J connectivity index is 1.43. The van der Waals surface area contributed by atoms with Crippen molar-refractivity contribution < 1.29 is 23.1 Å². The second-order valence-electron chi connectivity index (χ2n) is 7.72. The first-order valence-electron chi connectivity index (χ1n) is 10.6. The van der Waals surface area contributed by atoms with E-state index in [0.29, 0.717) is 34.4 Å². The smallest absolute Gasteiger partial charge is 0.229 e. The average Bonchev–Trinajstić information content (AvgIpc) is 3.28. The molecule has 0 radical (unpaired) electrons. The molecule has 0 amide bonds. The third kappa shape index (κ3) is 4.43. The minimum Gasteiger partial charge on any atom is -0.493 e. The van der Waals surface area contributed by atoms with Gasteiger partial charge in [-0.3, -0.25) is 9.40 Å². The molecule has 1 N–H and O–H groups in total. The number of ether oxygens (including phenoxy) is 2. The molecule has 10 nitrogen and oxygen atoms in total. The number of anilines is 3. The molecule has 35 heavy (non-hydrogen) atoms. The summed E-state index contributed by atoms with van der Waals surface area (Å²) < 4.78 is 40.6. The maximum atomic E-state index is 13.8. The fourth-order valence-electron chi connectivity index (χ4n) is 3.79. The lowest BCUT2D eigenvalue weighted by Gasteiger charge is -2.35.